The number of rotatable bonds is 4. The van der Waals surface area contributed by atoms with Crippen molar-refractivity contribution < 1.29 is 13.8 Å². The summed E-state index contributed by atoms with van der Waals surface area (Å²) >= 11 is 0. The first-order valence-electron chi connectivity index (χ1n) is 9.46. The van der Waals surface area contributed by atoms with Crippen molar-refractivity contribution in [1.82, 2.24) is 0 Å². The zero-order valence-electron chi connectivity index (χ0n) is 15.9. The molecule has 0 fully saturated rings. The molecule has 1 heterocycles. The van der Waals surface area contributed by atoms with Crippen LogP contribution in [0.25, 0.3) is 10.8 Å². The van der Waals surface area contributed by atoms with Gasteiger partial charge in [0.05, 0.1) is 12.4 Å². The Kier molecular flexibility index (Phi) is 4.30. The number of fused-ring (bicyclic) bond motifs is 3. The van der Waals surface area contributed by atoms with E-state index < -0.39 is 13.2 Å². The predicted octanol–water partition coefficient (Wildman–Crippen LogP) is 5.96. The Morgan fingerprint density at radius 1 is 0.862 bits per heavy atom. The minimum absolute atomic E-state index is 0.474. The third kappa shape index (κ3) is 2.97. The first kappa shape index (κ1) is 17.8. The molecule has 0 aliphatic carbocycles. The summed E-state index contributed by atoms with van der Waals surface area (Å²) in [6, 6.07) is 29.2. The van der Waals surface area contributed by atoms with Gasteiger partial charge < -0.3 is 14.6 Å². The van der Waals surface area contributed by atoms with Crippen LogP contribution in [-0.4, -0.2) is 7.11 Å². The van der Waals surface area contributed by atoms with Crippen LogP contribution in [0.2, 0.25) is 0 Å². The fourth-order valence-corrected chi connectivity index (χ4v) is 6.25. The maximum atomic E-state index is 14.3. The number of anilines is 1. The summed E-state index contributed by atoms with van der Waals surface area (Å²) in [6.07, 6.45) is 0. The van der Waals surface area contributed by atoms with Gasteiger partial charge in [-0.3, -0.25) is 4.57 Å². The van der Waals surface area contributed by atoms with E-state index in [-0.39, 0.29) is 0 Å². The number of hydrogen-bond donors (Lipinski definition) is 1. The van der Waals surface area contributed by atoms with Gasteiger partial charge >= 0.3 is 7.37 Å². The highest BCUT2D eigenvalue weighted by atomic mass is 31.2. The average molecular weight is 401 g/mol. The molecule has 29 heavy (non-hydrogen) atoms. The van der Waals surface area contributed by atoms with E-state index in [0.29, 0.717) is 11.1 Å². The third-order valence-corrected chi connectivity index (χ3v) is 7.84. The summed E-state index contributed by atoms with van der Waals surface area (Å²) in [6.45, 7) is 0. The maximum Gasteiger partial charge on any atom is 0.303 e. The van der Waals surface area contributed by atoms with E-state index in [4.69, 9.17) is 9.26 Å². The SMILES string of the molecule is COc1ccc(N[C@@H]2c3ccc4ccccc4c3OP2(=O)c2ccccc2)cc1. The van der Waals surface area contributed by atoms with E-state index in [0.717, 1.165) is 27.8 Å². The van der Waals surface area contributed by atoms with E-state index in [1.807, 2.05) is 84.9 Å². The van der Waals surface area contributed by atoms with Gasteiger partial charge in [-0.05, 0) is 41.8 Å². The molecule has 0 bridgehead atoms. The van der Waals surface area contributed by atoms with Crippen LogP contribution in [0.15, 0.2) is 91.0 Å². The van der Waals surface area contributed by atoms with E-state index >= 15 is 0 Å². The van der Waals surface area contributed by atoms with Gasteiger partial charge in [0.25, 0.3) is 0 Å². The lowest BCUT2D eigenvalue weighted by Crippen LogP contribution is -2.16. The molecule has 0 saturated carbocycles. The van der Waals surface area contributed by atoms with Gasteiger partial charge in [-0.1, -0.05) is 54.6 Å². The van der Waals surface area contributed by atoms with Crippen LogP contribution in [0.5, 0.6) is 11.5 Å². The second-order valence-electron chi connectivity index (χ2n) is 7.00. The van der Waals surface area contributed by atoms with Crippen molar-refractivity contribution in [3.05, 3.63) is 96.6 Å². The smallest absolute Gasteiger partial charge is 0.303 e. The zero-order chi connectivity index (χ0) is 19.8. The Morgan fingerprint density at radius 2 is 1.59 bits per heavy atom. The second kappa shape index (κ2) is 6.98. The molecule has 0 radical (unpaired) electrons. The van der Waals surface area contributed by atoms with Crippen molar-refractivity contribution in [2.24, 2.45) is 0 Å². The molecule has 144 valence electrons. The molecule has 4 aromatic carbocycles. The molecule has 0 amide bonds. The van der Waals surface area contributed by atoms with Gasteiger partial charge in [-0.2, -0.15) is 0 Å². The number of methoxy groups -OCH3 is 1. The van der Waals surface area contributed by atoms with Crippen LogP contribution in [0.1, 0.15) is 11.3 Å². The molecule has 1 N–H and O–H groups in total. The van der Waals surface area contributed by atoms with Crippen LogP contribution in [0.4, 0.5) is 5.69 Å². The van der Waals surface area contributed by atoms with Gasteiger partial charge in [0.2, 0.25) is 0 Å². The van der Waals surface area contributed by atoms with Crippen molar-refractivity contribution in [3.8, 4) is 11.5 Å². The highest BCUT2D eigenvalue weighted by Gasteiger charge is 2.46. The number of benzene rings is 4. The summed E-state index contributed by atoms with van der Waals surface area (Å²) in [5, 5.41) is 6.20. The number of hydrogen-bond acceptors (Lipinski definition) is 4. The molecular formula is C24H20NO3P. The Hall–Kier alpha value is -3.23. The average Bonchev–Trinajstić information content (AvgIpc) is 3.08. The molecule has 1 aliphatic rings. The Balaban J connectivity index is 1.66. The molecule has 0 spiro atoms. The molecule has 4 nitrogen and oxygen atoms in total. The third-order valence-electron chi connectivity index (χ3n) is 5.28. The van der Waals surface area contributed by atoms with Gasteiger partial charge in [-0.25, -0.2) is 0 Å². The lowest BCUT2D eigenvalue weighted by atomic mass is 10.1. The quantitative estimate of drug-likeness (QED) is 0.429. The summed E-state index contributed by atoms with van der Waals surface area (Å²) in [5.74, 6) is 0.995. The van der Waals surface area contributed by atoms with Crippen molar-refractivity contribution in [3.63, 3.8) is 0 Å². The highest BCUT2D eigenvalue weighted by Crippen LogP contribution is 2.66. The summed E-state index contributed by atoms with van der Waals surface area (Å²) < 4.78 is 25.8. The van der Waals surface area contributed by atoms with Crippen molar-refractivity contribution in [2.45, 2.75) is 5.78 Å². The monoisotopic (exact) mass is 401 g/mol. The largest absolute Gasteiger partial charge is 0.497 e. The van der Waals surface area contributed by atoms with Crippen LogP contribution in [0, 0.1) is 0 Å². The minimum Gasteiger partial charge on any atom is -0.497 e. The first-order chi connectivity index (χ1) is 14.2. The van der Waals surface area contributed by atoms with Crippen LogP contribution in [-0.2, 0) is 4.57 Å². The van der Waals surface area contributed by atoms with E-state index in [1.54, 1.807) is 7.11 Å². The van der Waals surface area contributed by atoms with Gasteiger partial charge in [0.1, 0.15) is 17.3 Å². The van der Waals surface area contributed by atoms with Crippen LogP contribution < -0.4 is 19.9 Å². The van der Waals surface area contributed by atoms with Gasteiger partial charge in [0.15, 0.2) is 0 Å². The normalized spacial score (nSPS) is 20.1. The standard InChI is InChI=1S/C24H20NO3P/c1-27-19-14-12-18(13-15-19)25-24-22-16-11-17-7-5-6-10-21(17)23(22)28-29(24,26)20-8-3-2-4-9-20/h2-16,24-25H,1H3/t24-,29?/m0/s1. The topological polar surface area (TPSA) is 47.6 Å². The summed E-state index contributed by atoms with van der Waals surface area (Å²) in [7, 11) is -1.61. The van der Waals surface area contributed by atoms with Gasteiger partial charge in [0, 0.05) is 16.6 Å². The molecule has 2 atom stereocenters. The van der Waals surface area contributed by atoms with E-state index in [9.17, 15) is 4.57 Å². The molecule has 0 saturated heterocycles. The number of nitrogens with one attached hydrogen (secondary N) is 1. The molecule has 5 heteroatoms. The predicted molar refractivity (Wildman–Crippen MR) is 118 cm³/mol. The fraction of sp³-hybridized carbons (Fsp3) is 0.0833. The molecule has 4 aromatic rings. The lowest BCUT2D eigenvalue weighted by molar-refractivity contribution is 0.415. The van der Waals surface area contributed by atoms with Gasteiger partial charge in [-0.15, -0.1) is 0 Å². The molecule has 1 unspecified atom stereocenters. The summed E-state index contributed by atoms with van der Waals surface area (Å²) in [5.41, 5.74) is 1.77. The van der Waals surface area contributed by atoms with Crippen molar-refractivity contribution in [1.29, 1.82) is 0 Å². The fourth-order valence-electron chi connectivity index (χ4n) is 3.79. The lowest BCUT2D eigenvalue weighted by Gasteiger charge is -2.22. The second-order valence-corrected chi connectivity index (χ2v) is 9.41. The van der Waals surface area contributed by atoms with Crippen molar-refractivity contribution >= 4 is 29.1 Å². The first-order valence-corrected chi connectivity index (χ1v) is 11.2. The number of ether oxygens (including phenoxy) is 1. The van der Waals surface area contributed by atoms with Crippen LogP contribution in [0.3, 0.4) is 0 Å². The Bertz CT molecular complexity index is 1220. The van der Waals surface area contributed by atoms with Crippen molar-refractivity contribution in [2.75, 3.05) is 12.4 Å². The van der Waals surface area contributed by atoms with Crippen LogP contribution >= 0.6 is 7.37 Å². The molecule has 5 rings (SSSR count). The Morgan fingerprint density at radius 3 is 2.34 bits per heavy atom. The van der Waals surface area contributed by atoms with E-state index in [2.05, 4.69) is 11.4 Å². The molecule has 1 aliphatic heterocycles. The summed E-state index contributed by atoms with van der Waals surface area (Å²) in [4.78, 5) is 0. The molecule has 0 aromatic heterocycles. The zero-order valence-corrected chi connectivity index (χ0v) is 16.8. The Labute approximate surface area is 169 Å². The maximum absolute atomic E-state index is 14.3. The van der Waals surface area contributed by atoms with E-state index in [1.165, 1.54) is 0 Å². The highest BCUT2D eigenvalue weighted by molar-refractivity contribution is 7.68. The minimum atomic E-state index is -3.25. The molecular weight excluding hydrogens is 381 g/mol.